The number of benzene rings is 1. The Balaban J connectivity index is 1.60. The van der Waals surface area contributed by atoms with Crippen molar-refractivity contribution in [2.75, 3.05) is 19.8 Å². The lowest BCUT2D eigenvalue weighted by molar-refractivity contribution is -0.135. The van der Waals surface area contributed by atoms with Crippen LogP contribution in [0.15, 0.2) is 24.3 Å². The van der Waals surface area contributed by atoms with E-state index in [-0.39, 0.29) is 30.1 Å². The van der Waals surface area contributed by atoms with Crippen LogP contribution in [0.2, 0.25) is 0 Å². The molecule has 0 aromatic heterocycles. The molecule has 0 bridgehead atoms. The Morgan fingerprint density at radius 3 is 2.12 bits per heavy atom. The maximum atomic E-state index is 12.9. The van der Waals surface area contributed by atoms with Crippen molar-refractivity contribution in [2.45, 2.75) is 63.6 Å². The molecule has 176 valence electrons. The van der Waals surface area contributed by atoms with Crippen LogP contribution in [0.5, 0.6) is 0 Å². The summed E-state index contributed by atoms with van der Waals surface area (Å²) in [5.41, 5.74) is 1.24. The van der Waals surface area contributed by atoms with Crippen LogP contribution in [0.25, 0.3) is 0 Å². The van der Waals surface area contributed by atoms with E-state index >= 15 is 0 Å². The van der Waals surface area contributed by atoms with Crippen molar-refractivity contribution in [1.29, 1.82) is 0 Å². The number of hydrogen-bond acceptors (Lipinski definition) is 6. The van der Waals surface area contributed by atoms with Gasteiger partial charge in [0, 0.05) is 5.92 Å². The first-order valence-corrected chi connectivity index (χ1v) is 11.4. The van der Waals surface area contributed by atoms with Gasteiger partial charge >= 0.3 is 0 Å². The molecule has 2 aliphatic rings. The molecule has 1 heterocycles. The van der Waals surface area contributed by atoms with Gasteiger partial charge in [-0.15, -0.1) is 0 Å². The summed E-state index contributed by atoms with van der Waals surface area (Å²) in [6.45, 7) is 2.94. The Labute approximate surface area is 188 Å². The molecule has 32 heavy (non-hydrogen) atoms. The van der Waals surface area contributed by atoms with Crippen molar-refractivity contribution >= 4 is 17.6 Å². The fourth-order valence-corrected chi connectivity index (χ4v) is 4.29. The number of hydrogen-bond donors (Lipinski definition) is 4. The highest BCUT2D eigenvalue weighted by atomic mass is 16.6. The third-order valence-corrected chi connectivity index (χ3v) is 6.37. The standard InChI is InChI=1S/C24H34N2O6/c1-15(2)11-19(21(29)24(13-28)14-32-24)25-23(31)20(12-27)26-22(30)18-9-7-16-5-3-4-6-17(16)8-10-18/h3-6,15,18-20,27-28H,7-14H2,1-2H3,(H,25,31)(H,26,30). The maximum Gasteiger partial charge on any atom is 0.245 e. The molecular weight excluding hydrogens is 412 g/mol. The first kappa shape index (κ1) is 24.4. The van der Waals surface area contributed by atoms with Gasteiger partial charge in [-0.05, 0) is 49.1 Å². The van der Waals surface area contributed by atoms with Crippen molar-refractivity contribution in [3.8, 4) is 0 Å². The third-order valence-electron chi connectivity index (χ3n) is 6.37. The number of fused-ring (bicyclic) bond motifs is 1. The van der Waals surface area contributed by atoms with Gasteiger partial charge in [0.25, 0.3) is 0 Å². The highest BCUT2D eigenvalue weighted by Crippen LogP contribution is 2.30. The second-order valence-electron chi connectivity index (χ2n) is 9.28. The molecule has 1 aromatic carbocycles. The lowest BCUT2D eigenvalue weighted by atomic mass is 9.92. The summed E-state index contributed by atoms with van der Waals surface area (Å²) in [7, 11) is 0. The number of ether oxygens (including phenoxy) is 1. The lowest BCUT2D eigenvalue weighted by Gasteiger charge is -2.25. The average molecular weight is 447 g/mol. The van der Waals surface area contributed by atoms with E-state index in [1.54, 1.807) is 0 Å². The number of aliphatic hydroxyl groups is 2. The van der Waals surface area contributed by atoms with E-state index in [0.717, 1.165) is 12.8 Å². The minimum absolute atomic E-state index is 0.105. The molecule has 0 radical (unpaired) electrons. The maximum absolute atomic E-state index is 12.9. The van der Waals surface area contributed by atoms with Gasteiger partial charge in [0.2, 0.25) is 11.8 Å². The van der Waals surface area contributed by atoms with Gasteiger partial charge in [-0.25, -0.2) is 0 Å². The molecule has 0 saturated carbocycles. The van der Waals surface area contributed by atoms with Crippen molar-refractivity contribution in [3.05, 3.63) is 35.4 Å². The first-order chi connectivity index (χ1) is 15.3. The second kappa shape index (κ2) is 10.6. The normalized spacial score (nSPS) is 22.4. The van der Waals surface area contributed by atoms with Crippen LogP contribution >= 0.6 is 0 Å². The average Bonchev–Trinajstić information content (AvgIpc) is 3.59. The van der Waals surface area contributed by atoms with Crippen LogP contribution in [0, 0.1) is 11.8 Å². The van der Waals surface area contributed by atoms with E-state index in [0.29, 0.717) is 19.3 Å². The zero-order chi connectivity index (χ0) is 23.3. The summed E-state index contributed by atoms with van der Waals surface area (Å²) >= 11 is 0. The SMILES string of the molecule is CC(C)CC(NC(=O)C(CO)NC(=O)C1CCc2ccccc2CC1)C(=O)C1(CO)CO1. The number of rotatable bonds is 10. The second-order valence-corrected chi connectivity index (χ2v) is 9.28. The minimum Gasteiger partial charge on any atom is -0.394 e. The quantitative estimate of drug-likeness (QED) is 0.306. The molecule has 1 aliphatic carbocycles. The molecule has 3 unspecified atom stereocenters. The zero-order valence-corrected chi connectivity index (χ0v) is 18.8. The van der Waals surface area contributed by atoms with Gasteiger partial charge in [0.15, 0.2) is 11.4 Å². The molecule has 0 spiro atoms. The van der Waals surface area contributed by atoms with Gasteiger partial charge < -0.3 is 25.6 Å². The molecule has 3 atom stereocenters. The van der Waals surface area contributed by atoms with Crippen LogP contribution in [0.3, 0.4) is 0 Å². The fourth-order valence-electron chi connectivity index (χ4n) is 4.29. The lowest BCUT2D eigenvalue weighted by Crippen LogP contribution is -2.56. The molecule has 1 aromatic rings. The zero-order valence-electron chi connectivity index (χ0n) is 18.8. The van der Waals surface area contributed by atoms with Crippen molar-refractivity contribution in [2.24, 2.45) is 11.8 Å². The summed E-state index contributed by atoms with van der Waals surface area (Å²) in [5.74, 6) is -1.42. The van der Waals surface area contributed by atoms with Crippen molar-refractivity contribution in [1.82, 2.24) is 10.6 Å². The molecule has 1 fully saturated rings. The minimum atomic E-state index is -1.25. The van der Waals surface area contributed by atoms with Crippen LogP contribution in [-0.2, 0) is 32.0 Å². The smallest absolute Gasteiger partial charge is 0.245 e. The van der Waals surface area contributed by atoms with E-state index in [2.05, 4.69) is 22.8 Å². The van der Waals surface area contributed by atoms with Gasteiger partial charge in [0.05, 0.1) is 25.9 Å². The Morgan fingerprint density at radius 2 is 1.66 bits per heavy atom. The van der Waals surface area contributed by atoms with Gasteiger partial charge in [-0.3, -0.25) is 14.4 Å². The van der Waals surface area contributed by atoms with Crippen molar-refractivity contribution in [3.63, 3.8) is 0 Å². The summed E-state index contributed by atoms with van der Waals surface area (Å²) in [6, 6.07) is 6.13. The number of carbonyl (C=O) groups excluding carboxylic acids is 3. The summed E-state index contributed by atoms with van der Waals surface area (Å²) in [4.78, 5) is 38.5. The Morgan fingerprint density at radius 1 is 1.06 bits per heavy atom. The highest BCUT2D eigenvalue weighted by Gasteiger charge is 2.54. The summed E-state index contributed by atoms with van der Waals surface area (Å²) < 4.78 is 5.15. The Bertz CT molecular complexity index is 809. The third kappa shape index (κ3) is 5.74. The molecule has 2 amide bonds. The summed E-state index contributed by atoms with van der Waals surface area (Å²) in [6.07, 6.45) is 3.29. The number of aliphatic hydroxyl groups excluding tert-OH is 2. The van der Waals surface area contributed by atoms with E-state index in [1.165, 1.54) is 11.1 Å². The van der Waals surface area contributed by atoms with E-state index in [1.807, 2.05) is 26.0 Å². The van der Waals surface area contributed by atoms with E-state index in [4.69, 9.17) is 4.74 Å². The molecule has 1 aliphatic heterocycles. The van der Waals surface area contributed by atoms with Crippen LogP contribution < -0.4 is 10.6 Å². The number of epoxide rings is 1. The number of ketones is 1. The number of amides is 2. The summed E-state index contributed by atoms with van der Waals surface area (Å²) in [5, 5.41) is 24.6. The number of carbonyl (C=O) groups is 3. The van der Waals surface area contributed by atoms with Crippen LogP contribution in [0.4, 0.5) is 0 Å². The van der Waals surface area contributed by atoms with Gasteiger partial charge in [-0.1, -0.05) is 38.1 Å². The Hall–Kier alpha value is -2.29. The molecule has 8 nitrogen and oxygen atoms in total. The molecule has 1 saturated heterocycles. The van der Waals surface area contributed by atoms with Crippen LogP contribution in [0.1, 0.15) is 44.2 Å². The highest BCUT2D eigenvalue weighted by molar-refractivity contribution is 5.98. The predicted octanol–water partition coefficient (Wildman–Crippen LogP) is 0.520. The monoisotopic (exact) mass is 446 g/mol. The largest absolute Gasteiger partial charge is 0.394 e. The number of aryl methyl sites for hydroxylation is 2. The number of Topliss-reactive ketones (excluding diaryl/α,β-unsaturated/α-hetero) is 1. The first-order valence-electron chi connectivity index (χ1n) is 11.4. The molecular formula is C24H34N2O6. The molecule has 3 rings (SSSR count). The number of nitrogens with one attached hydrogen (secondary N) is 2. The van der Waals surface area contributed by atoms with Gasteiger partial charge in [0.1, 0.15) is 6.04 Å². The van der Waals surface area contributed by atoms with Crippen molar-refractivity contribution < 1.29 is 29.3 Å². The van der Waals surface area contributed by atoms with E-state index < -0.39 is 36.8 Å². The van der Waals surface area contributed by atoms with E-state index in [9.17, 15) is 24.6 Å². The molecule has 8 heteroatoms. The molecule has 4 N–H and O–H groups in total. The van der Waals surface area contributed by atoms with Gasteiger partial charge in [-0.2, -0.15) is 0 Å². The Kier molecular flexibility index (Phi) is 8.03. The van der Waals surface area contributed by atoms with Crippen LogP contribution in [-0.4, -0.2) is 65.3 Å². The predicted molar refractivity (Wildman–Crippen MR) is 118 cm³/mol. The fraction of sp³-hybridized carbons (Fsp3) is 0.625. The topological polar surface area (TPSA) is 128 Å².